The normalized spacial score (nSPS) is 18.2. The number of nitrogens with one attached hydrogen (secondary N) is 1. The summed E-state index contributed by atoms with van der Waals surface area (Å²) < 4.78 is 20.9. The fraction of sp³-hybridized carbons (Fsp3) is 0.500. The number of hydrogen-bond donors (Lipinski definition) is 2. The third-order valence-corrected chi connectivity index (χ3v) is 3.39. The molecule has 0 atom stereocenters. The molecule has 0 aromatic heterocycles. The molecule has 1 heterocycles. The summed E-state index contributed by atoms with van der Waals surface area (Å²) >= 11 is 0. The fourth-order valence-corrected chi connectivity index (χ4v) is 2.27. The van der Waals surface area contributed by atoms with E-state index in [1.165, 1.54) is 0 Å². The van der Waals surface area contributed by atoms with E-state index in [4.69, 9.17) is 13.3 Å². The number of nitrogens with zero attached hydrogens (tertiary/aromatic N) is 2. The van der Waals surface area contributed by atoms with Gasteiger partial charge in [-0.1, -0.05) is 12.1 Å². The van der Waals surface area contributed by atoms with Gasteiger partial charge < -0.3 is 9.64 Å². The molecular formula is C14H22N4O2. The van der Waals surface area contributed by atoms with Gasteiger partial charge in [-0.25, -0.2) is 5.84 Å². The van der Waals surface area contributed by atoms with Crippen LogP contribution in [0.25, 0.3) is 0 Å². The van der Waals surface area contributed by atoms with Gasteiger partial charge in [0.15, 0.2) is 0 Å². The van der Waals surface area contributed by atoms with Gasteiger partial charge in [0.05, 0.1) is 12.8 Å². The summed E-state index contributed by atoms with van der Waals surface area (Å²) in [5, 5.41) is 0. The molecule has 0 saturated carbocycles. The minimum Gasteiger partial charge on any atom is -0.495 e. The third-order valence-electron chi connectivity index (χ3n) is 3.39. The monoisotopic (exact) mass is 280 g/mol. The third kappa shape index (κ3) is 3.61. The van der Waals surface area contributed by atoms with Crippen molar-refractivity contribution in [2.24, 2.45) is 5.84 Å². The van der Waals surface area contributed by atoms with Crippen LogP contribution in [0.1, 0.15) is 9.11 Å². The summed E-state index contributed by atoms with van der Waals surface area (Å²) in [7, 11) is 1.65. The molecule has 2 rings (SSSR count). The molecule has 110 valence electrons. The van der Waals surface area contributed by atoms with Gasteiger partial charge in [0, 0.05) is 41.8 Å². The minimum atomic E-state index is -1.98. The first-order valence-electron chi connectivity index (χ1n) is 7.59. The zero-order valence-electron chi connectivity index (χ0n) is 13.6. The molecule has 1 aliphatic rings. The number of nitrogens with two attached hydrogens (primary N) is 1. The highest BCUT2D eigenvalue weighted by Gasteiger charge is 2.19. The van der Waals surface area contributed by atoms with E-state index in [0.717, 1.165) is 24.5 Å². The van der Waals surface area contributed by atoms with Gasteiger partial charge in [0.25, 0.3) is 0 Å². The van der Waals surface area contributed by atoms with Crippen molar-refractivity contribution < 1.29 is 12.3 Å². The molecule has 0 bridgehead atoms. The molecular weight excluding hydrogens is 256 g/mol. The molecule has 1 aromatic rings. The number of amides is 1. The van der Waals surface area contributed by atoms with Crippen LogP contribution in [0.15, 0.2) is 24.3 Å². The van der Waals surface area contributed by atoms with Crippen molar-refractivity contribution >= 4 is 11.6 Å². The Kier molecular flexibility index (Phi) is 4.27. The van der Waals surface area contributed by atoms with E-state index >= 15 is 0 Å². The van der Waals surface area contributed by atoms with Gasteiger partial charge in [0.1, 0.15) is 5.75 Å². The lowest BCUT2D eigenvalue weighted by atomic mass is 10.2. The number of methoxy groups -OCH3 is 1. The Morgan fingerprint density at radius 3 is 2.75 bits per heavy atom. The van der Waals surface area contributed by atoms with E-state index in [-0.39, 0.29) is 6.54 Å². The highest BCUT2D eigenvalue weighted by atomic mass is 16.5. The molecule has 6 nitrogen and oxygen atoms in total. The Bertz CT molecular complexity index is 519. The van der Waals surface area contributed by atoms with Crippen molar-refractivity contribution in [3.05, 3.63) is 24.3 Å². The number of hydrazine groups is 1. The van der Waals surface area contributed by atoms with Gasteiger partial charge in [-0.2, -0.15) is 0 Å². The van der Waals surface area contributed by atoms with Crippen LogP contribution in [-0.4, -0.2) is 50.6 Å². The maximum Gasteiger partial charge on any atom is 0.235 e. The molecule has 6 heteroatoms. The van der Waals surface area contributed by atoms with Crippen LogP contribution < -0.4 is 20.9 Å². The lowest BCUT2D eigenvalue weighted by Gasteiger charge is -2.36. The summed E-state index contributed by atoms with van der Waals surface area (Å²) in [6.07, 6.45) is -1.98. The molecule has 0 unspecified atom stereocenters. The van der Waals surface area contributed by atoms with E-state index in [0.29, 0.717) is 13.1 Å². The zero-order chi connectivity index (χ0) is 16.2. The highest BCUT2D eigenvalue weighted by molar-refractivity contribution is 5.75. The molecule has 20 heavy (non-hydrogen) atoms. The van der Waals surface area contributed by atoms with Crippen molar-refractivity contribution in [1.82, 2.24) is 10.3 Å². The molecule has 1 aromatic carbocycles. The quantitative estimate of drug-likeness (QED) is 0.458. The number of rotatable bonds is 5. The van der Waals surface area contributed by atoms with Crippen LogP contribution in [0.2, 0.25) is 0 Å². The summed E-state index contributed by atoms with van der Waals surface area (Å²) in [6.45, 7) is 2.89. The second-order valence-electron chi connectivity index (χ2n) is 4.59. The van der Waals surface area contributed by atoms with Gasteiger partial charge in [-0.15, -0.1) is 0 Å². The first-order chi connectivity index (χ1) is 10.5. The SMILES string of the molecule is [2H]C([2H])(CN1CCN(c2ccccc2OC)CC1)C(=O)NN. The predicted octanol–water partition coefficient (Wildman–Crippen LogP) is 0.197. The standard InChI is InChI=1S/C14H22N4O2/c1-20-13-5-3-2-4-12(13)18-10-8-17(9-11-18)7-6-14(19)16-15/h2-5H,6-11,15H2,1H3,(H,16,19)/i6D2. The largest absolute Gasteiger partial charge is 0.495 e. The second-order valence-corrected chi connectivity index (χ2v) is 4.59. The van der Waals surface area contributed by atoms with Crippen LogP contribution in [0.5, 0.6) is 5.75 Å². The maximum absolute atomic E-state index is 11.4. The van der Waals surface area contributed by atoms with Crippen LogP contribution in [0.4, 0.5) is 5.69 Å². The average molecular weight is 280 g/mol. The van der Waals surface area contributed by atoms with Crippen molar-refractivity contribution in [3.8, 4) is 5.75 Å². The molecule has 1 saturated heterocycles. The van der Waals surface area contributed by atoms with E-state index < -0.39 is 12.3 Å². The molecule has 0 aliphatic carbocycles. The molecule has 0 spiro atoms. The number of ether oxygens (including phenoxy) is 1. The van der Waals surface area contributed by atoms with E-state index in [9.17, 15) is 4.79 Å². The molecule has 1 amide bonds. The highest BCUT2D eigenvalue weighted by Crippen LogP contribution is 2.28. The van der Waals surface area contributed by atoms with Crippen molar-refractivity contribution in [1.29, 1.82) is 0 Å². The Balaban J connectivity index is 1.95. The first kappa shape index (κ1) is 12.0. The topological polar surface area (TPSA) is 70.8 Å². The number of piperazine rings is 1. The smallest absolute Gasteiger partial charge is 0.235 e. The van der Waals surface area contributed by atoms with E-state index in [1.54, 1.807) is 7.11 Å². The lowest BCUT2D eigenvalue weighted by Crippen LogP contribution is -2.47. The van der Waals surface area contributed by atoms with Gasteiger partial charge in [-0.05, 0) is 12.1 Å². The Labute approximate surface area is 122 Å². The summed E-state index contributed by atoms with van der Waals surface area (Å²) in [5.41, 5.74) is 2.91. The summed E-state index contributed by atoms with van der Waals surface area (Å²) in [5.74, 6) is 5.05. The summed E-state index contributed by atoms with van der Waals surface area (Å²) in [4.78, 5) is 15.5. The number of para-hydroxylation sites is 2. The van der Waals surface area contributed by atoms with Crippen molar-refractivity contribution in [2.45, 2.75) is 6.37 Å². The second kappa shape index (κ2) is 7.12. The number of carbonyl (C=O) groups excluding carboxylic acids is 1. The van der Waals surface area contributed by atoms with Crippen LogP contribution >= 0.6 is 0 Å². The first-order valence-corrected chi connectivity index (χ1v) is 6.59. The Morgan fingerprint density at radius 1 is 1.40 bits per heavy atom. The Morgan fingerprint density at radius 2 is 2.10 bits per heavy atom. The number of carbonyl (C=O) groups is 1. The minimum absolute atomic E-state index is 0.0375. The van der Waals surface area contributed by atoms with Gasteiger partial charge in [0.2, 0.25) is 5.91 Å². The van der Waals surface area contributed by atoms with Crippen LogP contribution in [-0.2, 0) is 4.79 Å². The van der Waals surface area contributed by atoms with Crippen molar-refractivity contribution in [2.75, 3.05) is 44.7 Å². The number of hydrogen-bond acceptors (Lipinski definition) is 5. The average Bonchev–Trinajstić information content (AvgIpc) is 2.54. The fourth-order valence-electron chi connectivity index (χ4n) is 2.27. The maximum atomic E-state index is 11.4. The number of benzene rings is 1. The Hall–Kier alpha value is -1.79. The lowest BCUT2D eigenvalue weighted by molar-refractivity contribution is -0.121. The van der Waals surface area contributed by atoms with Gasteiger partial charge in [-0.3, -0.25) is 15.1 Å². The molecule has 1 fully saturated rings. The molecule has 3 N–H and O–H groups in total. The number of anilines is 1. The summed E-state index contributed by atoms with van der Waals surface area (Å²) in [6, 6.07) is 7.83. The zero-order valence-corrected chi connectivity index (χ0v) is 11.6. The van der Waals surface area contributed by atoms with E-state index in [1.807, 2.05) is 34.6 Å². The molecule has 1 aliphatic heterocycles. The van der Waals surface area contributed by atoms with Crippen molar-refractivity contribution in [3.63, 3.8) is 0 Å². The molecule has 0 radical (unpaired) electrons. The predicted molar refractivity (Wildman–Crippen MR) is 78.6 cm³/mol. The van der Waals surface area contributed by atoms with Crippen LogP contribution in [0.3, 0.4) is 0 Å². The van der Waals surface area contributed by atoms with Gasteiger partial charge >= 0.3 is 0 Å². The van der Waals surface area contributed by atoms with Crippen LogP contribution in [0, 0.1) is 0 Å². The van der Waals surface area contributed by atoms with E-state index in [2.05, 4.69) is 4.90 Å².